The van der Waals surface area contributed by atoms with Gasteiger partial charge in [0.1, 0.15) is 11.8 Å². The maximum atomic E-state index is 9.28. The Balaban J connectivity index is 2.24. The Morgan fingerprint density at radius 3 is 2.70 bits per heavy atom. The summed E-state index contributed by atoms with van der Waals surface area (Å²) in [5.74, 6) is 1.46. The van der Waals surface area contributed by atoms with Crippen molar-refractivity contribution in [3.8, 4) is 11.8 Å². The van der Waals surface area contributed by atoms with Crippen LogP contribution in [0.15, 0.2) is 18.2 Å². The van der Waals surface area contributed by atoms with Gasteiger partial charge in [0.05, 0.1) is 18.4 Å². The lowest BCUT2D eigenvalue weighted by molar-refractivity contribution is 0.177. The molecule has 0 saturated heterocycles. The molecular formula is C17H24N2O. The number of nitrogens with one attached hydrogen (secondary N) is 1. The second kappa shape index (κ2) is 5.75. The first kappa shape index (κ1) is 14.7. The third-order valence-electron chi connectivity index (χ3n) is 4.10. The molecule has 20 heavy (non-hydrogen) atoms. The largest absolute Gasteiger partial charge is 0.495 e. The Morgan fingerprint density at radius 2 is 2.10 bits per heavy atom. The fraction of sp³-hybridized carbons (Fsp3) is 0.588. The zero-order valence-corrected chi connectivity index (χ0v) is 12.9. The van der Waals surface area contributed by atoms with Gasteiger partial charge in [0.15, 0.2) is 0 Å². The van der Waals surface area contributed by atoms with E-state index in [0.29, 0.717) is 22.9 Å². The molecule has 1 aromatic carbocycles. The summed E-state index contributed by atoms with van der Waals surface area (Å²) in [4.78, 5) is 0. The van der Waals surface area contributed by atoms with E-state index in [-0.39, 0.29) is 0 Å². The molecule has 2 atom stereocenters. The van der Waals surface area contributed by atoms with Crippen LogP contribution < -0.4 is 10.1 Å². The number of hydrogen-bond acceptors (Lipinski definition) is 3. The van der Waals surface area contributed by atoms with E-state index in [4.69, 9.17) is 4.74 Å². The minimum absolute atomic E-state index is 0.351. The molecule has 0 radical (unpaired) electrons. The van der Waals surface area contributed by atoms with Crippen molar-refractivity contribution in [2.24, 2.45) is 11.3 Å². The lowest BCUT2D eigenvalue weighted by Gasteiger charge is -2.39. The molecule has 1 N–H and O–H groups in total. The molecule has 108 valence electrons. The second-order valence-corrected chi connectivity index (χ2v) is 6.75. The maximum absolute atomic E-state index is 9.28. The van der Waals surface area contributed by atoms with Gasteiger partial charge < -0.3 is 10.1 Å². The van der Waals surface area contributed by atoms with Crippen LogP contribution in [-0.4, -0.2) is 13.2 Å². The minimum atomic E-state index is 0.351. The van der Waals surface area contributed by atoms with E-state index < -0.39 is 0 Å². The van der Waals surface area contributed by atoms with Crippen LogP contribution in [-0.2, 0) is 0 Å². The van der Waals surface area contributed by atoms with Crippen LogP contribution >= 0.6 is 0 Å². The summed E-state index contributed by atoms with van der Waals surface area (Å²) in [7, 11) is 1.65. The SMILES string of the molecule is COc1cccc(C#N)c1NC1CC(C)CC(C)(C)C1. The summed E-state index contributed by atoms with van der Waals surface area (Å²) in [5.41, 5.74) is 1.84. The van der Waals surface area contributed by atoms with Crippen LogP contribution in [0.4, 0.5) is 5.69 Å². The number of para-hydroxylation sites is 1. The van der Waals surface area contributed by atoms with Crippen LogP contribution in [0.2, 0.25) is 0 Å². The molecule has 3 heteroatoms. The van der Waals surface area contributed by atoms with E-state index in [0.717, 1.165) is 24.3 Å². The van der Waals surface area contributed by atoms with Gasteiger partial charge in [-0.05, 0) is 42.7 Å². The molecular weight excluding hydrogens is 248 g/mol. The normalized spacial score (nSPS) is 24.8. The molecule has 1 saturated carbocycles. The topological polar surface area (TPSA) is 45.0 Å². The van der Waals surface area contributed by atoms with E-state index in [1.165, 1.54) is 6.42 Å². The molecule has 2 rings (SSSR count). The lowest BCUT2D eigenvalue weighted by Crippen LogP contribution is -2.35. The molecule has 0 aromatic heterocycles. The van der Waals surface area contributed by atoms with Gasteiger partial charge in [0, 0.05) is 6.04 Å². The Labute approximate surface area is 121 Å². The van der Waals surface area contributed by atoms with Crippen LogP contribution in [0, 0.1) is 22.7 Å². The number of ether oxygens (including phenoxy) is 1. The minimum Gasteiger partial charge on any atom is -0.495 e. The van der Waals surface area contributed by atoms with Gasteiger partial charge in [0.2, 0.25) is 0 Å². The van der Waals surface area contributed by atoms with Crippen molar-refractivity contribution in [3.63, 3.8) is 0 Å². The van der Waals surface area contributed by atoms with E-state index in [9.17, 15) is 5.26 Å². The van der Waals surface area contributed by atoms with Crippen molar-refractivity contribution < 1.29 is 4.74 Å². The number of hydrogen-bond donors (Lipinski definition) is 1. The quantitative estimate of drug-likeness (QED) is 0.897. The monoisotopic (exact) mass is 272 g/mol. The Bertz CT molecular complexity index is 516. The number of methoxy groups -OCH3 is 1. The molecule has 1 aliphatic carbocycles. The highest BCUT2D eigenvalue weighted by Crippen LogP contribution is 2.40. The first-order chi connectivity index (χ1) is 9.45. The zero-order valence-electron chi connectivity index (χ0n) is 12.9. The average molecular weight is 272 g/mol. The number of anilines is 1. The summed E-state index contributed by atoms with van der Waals surface area (Å²) in [6.45, 7) is 6.96. The number of benzene rings is 1. The fourth-order valence-corrected chi connectivity index (χ4v) is 3.60. The van der Waals surface area contributed by atoms with Crippen LogP contribution in [0.5, 0.6) is 5.75 Å². The molecule has 1 aliphatic rings. The first-order valence-corrected chi connectivity index (χ1v) is 7.29. The van der Waals surface area contributed by atoms with Crippen molar-refractivity contribution in [1.82, 2.24) is 0 Å². The summed E-state index contributed by atoms with van der Waals surface area (Å²) < 4.78 is 5.39. The lowest BCUT2D eigenvalue weighted by atomic mass is 9.70. The van der Waals surface area contributed by atoms with Crippen LogP contribution in [0.25, 0.3) is 0 Å². The van der Waals surface area contributed by atoms with E-state index in [1.54, 1.807) is 7.11 Å². The molecule has 0 aliphatic heterocycles. The number of rotatable bonds is 3. The third kappa shape index (κ3) is 3.25. The highest BCUT2D eigenvalue weighted by molar-refractivity contribution is 5.66. The van der Waals surface area contributed by atoms with Gasteiger partial charge in [-0.25, -0.2) is 0 Å². The van der Waals surface area contributed by atoms with E-state index in [1.807, 2.05) is 18.2 Å². The second-order valence-electron chi connectivity index (χ2n) is 6.75. The highest BCUT2D eigenvalue weighted by atomic mass is 16.5. The Kier molecular flexibility index (Phi) is 4.23. The Morgan fingerprint density at radius 1 is 1.35 bits per heavy atom. The van der Waals surface area contributed by atoms with Crippen LogP contribution in [0.1, 0.15) is 45.6 Å². The van der Waals surface area contributed by atoms with Gasteiger partial charge in [-0.3, -0.25) is 0 Å². The van der Waals surface area contributed by atoms with E-state index >= 15 is 0 Å². The molecule has 0 heterocycles. The third-order valence-corrected chi connectivity index (χ3v) is 4.10. The number of nitriles is 1. The standard InChI is InChI=1S/C17H24N2O/c1-12-8-14(10-17(2,3)9-12)19-16-13(11-18)6-5-7-15(16)20-4/h5-7,12,14,19H,8-10H2,1-4H3. The van der Waals surface area contributed by atoms with Crippen molar-refractivity contribution in [3.05, 3.63) is 23.8 Å². The summed E-state index contributed by atoms with van der Waals surface area (Å²) in [5, 5.41) is 12.8. The maximum Gasteiger partial charge on any atom is 0.143 e. The summed E-state index contributed by atoms with van der Waals surface area (Å²) in [6.07, 6.45) is 3.54. The molecule has 0 spiro atoms. The molecule has 0 bridgehead atoms. The smallest absolute Gasteiger partial charge is 0.143 e. The van der Waals surface area contributed by atoms with Gasteiger partial charge >= 0.3 is 0 Å². The summed E-state index contributed by atoms with van der Waals surface area (Å²) >= 11 is 0. The van der Waals surface area contributed by atoms with Crippen molar-refractivity contribution in [2.45, 2.75) is 46.1 Å². The fourth-order valence-electron chi connectivity index (χ4n) is 3.60. The van der Waals surface area contributed by atoms with E-state index in [2.05, 4.69) is 32.2 Å². The van der Waals surface area contributed by atoms with Gasteiger partial charge in [0.25, 0.3) is 0 Å². The molecule has 1 aromatic rings. The van der Waals surface area contributed by atoms with Gasteiger partial charge in [-0.2, -0.15) is 5.26 Å². The molecule has 3 nitrogen and oxygen atoms in total. The molecule has 2 unspecified atom stereocenters. The molecule has 0 amide bonds. The predicted octanol–water partition coefficient (Wildman–Crippen LogP) is 4.19. The van der Waals surface area contributed by atoms with Crippen LogP contribution in [0.3, 0.4) is 0 Å². The van der Waals surface area contributed by atoms with Gasteiger partial charge in [-0.1, -0.05) is 26.8 Å². The van der Waals surface area contributed by atoms with Crippen molar-refractivity contribution in [1.29, 1.82) is 5.26 Å². The number of nitrogens with zero attached hydrogens (tertiary/aromatic N) is 1. The summed E-state index contributed by atoms with van der Waals surface area (Å²) in [6, 6.07) is 8.25. The van der Waals surface area contributed by atoms with Crippen molar-refractivity contribution in [2.75, 3.05) is 12.4 Å². The predicted molar refractivity (Wildman–Crippen MR) is 81.9 cm³/mol. The first-order valence-electron chi connectivity index (χ1n) is 7.29. The average Bonchev–Trinajstić information content (AvgIpc) is 2.36. The Hall–Kier alpha value is -1.69. The molecule has 1 fully saturated rings. The zero-order chi connectivity index (χ0) is 14.8. The van der Waals surface area contributed by atoms with Crippen molar-refractivity contribution >= 4 is 5.69 Å². The highest BCUT2D eigenvalue weighted by Gasteiger charge is 2.32. The van der Waals surface area contributed by atoms with Gasteiger partial charge in [-0.15, -0.1) is 0 Å².